The molecular formula is C26H31N. The Morgan fingerprint density at radius 2 is 0.963 bits per heavy atom. The van der Waals surface area contributed by atoms with E-state index in [1.165, 1.54) is 28.2 Å². The normalized spacial score (nSPS) is 14.5. The molecule has 0 N–H and O–H groups in total. The lowest BCUT2D eigenvalue weighted by atomic mass is 9.73. The number of anilines is 3. The van der Waals surface area contributed by atoms with Gasteiger partial charge in [0, 0.05) is 11.1 Å². The Balaban J connectivity index is 0.000000376. The van der Waals surface area contributed by atoms with E-state index in [0.717, 1.165) is 0 Å². The van der Waals surface area contributed by atoms with Gasteiger partial charge in [-0.05, 0) is 40.8 Å². The van der Waals surface area contributed by atoms with Crippen LogP contribution in [-0.4, -0.2) is 0 Å². The minimum absolute atomic E-state index is 0.0124. The van der Waals surface area contributed by atoms with Gasteiger partial charge in [0.05, 0.1) is 11.4 Å². The molecular weight excluding hydrogens is 326 g/mol. The summed E-state index contributed by atoms with van der Waals surface area (Å²) in [4.78, 5) is 2.37. The first-order valence-electron chi connectivity index (χ1n) is 9.74. The van der Waals surface area contributed by atoms with Crippen LogP contribution in [0.15, 0.2) is 78.9 Å². The molecule has 1 aliphatic rings. The van der Waals surface area contributed by atoms with Crippen LogP contribution in [0.25, 0.3) is 0 Å². The maximum atomic E-state index is 2.37. The average Bonchev–Trinajstić information content (AvgIpc) is 2.62. The highest BCUT2D eigenvalue weighted by molar-refractivity contribution is 5.85. The van der Waals surface area contributed by atoms with Gasteiger partial charge in [-0.3, -0.25) is 0 Å². The molecule has 0 radical (unpaired) electrons. The summed E-state index contributed by atoms with van der Waals surface area (Å²) in [7, 11) is 0. The summed E-state index contributed by atoms with van der Waals surface area (Å²) in [6, 6.07) is 28.1. The van der Waals surface area contributed by atoms with Crippen molar-refractivity contribution >= 4 is 17.1 Å². The Bertz CT molecular complexity index is 845. The molecule has 3 aromatic rings. The average molecular weight is 358 g/mol. The lowest BCUT2D eigenvalue weighted by molar-refractivity contribution is 0.469. The molecule has 0 fully saturated rings. The fraction of sp³-hybridized carbons (Fsp3) is 0.308. The van der Waals surface area contributed by atoms with E-state index in [-0.39, 0.29) is 5.41 Å². The van der Waals surface area contributed by atoms with E-state index in [0.29, 0.717) is 5.41 Å². The van der Waals surface area contributed by atoms with Gasteiger partial charge in [-0.15, -0.1) is 0 Å². The molecule has 1 heteroatoms. The SMILES string of the molecule is CC(C)(C)C.CC1(C)c2ccccc2N(c2ccccc2)c2ccccc21. The van der Waals surface area contributed by atoms with E-state index in [1.54, 1.807) is 0 Å². The fourth-order valence-electron chi connectivity index (χ4n) is 3.52. The van der Waals surface area contributed by atoms with E-state index >= 15 is 0 Å². The van der Waals surface area contributed by atoms with Gasteiger partial charge in [-0.2, -0.15) is 0 Å². The molecule has 0 spiro atoms. The number of hydrogen-bond acceptors (Lipinski definition) is 1. The highest BCUT2D eigenvalue weighted by Gasteiger charge is 2.36. The Hall–Kier alpha value is -2.54. The second kappa shape index (κ2) is 7.23. The van der Waals surface area contributed by atoms with Crippen molar-refractivity contribution in [2.45, 2.75) is 47.0 Å². The third-order valence-corrected chi connectivity index (χ3v) is 4.65. The first-order chi connectivity index (χ1) is 12.7. The maximum absolute atomic E-state index is 2.37. The van der Waals surface area contributed by atoms with Crippen molar-refractivity contribution in [2.24, 2.45) is 5.41 Å². The van der Waals surface area contributed by atoms with Crippen molar-refractivity contribution in [3.8, 4) is 0 Å². The summed E-state index contributed by atoms with van der Waals surface area (Å²) < 4.78 is 0. The zero-order chi connectivity index (χ0) is 19.7. The molecule has 0 unspecified atom stereocenters. The summed E-state index contributed by atoms with van der Waals surface area (Å²) in [5.74, 6) is 0. The molecule has 0 amide bonds. The maximum Gasteiger partial charge on any atom is 0.0502 e. The number of fused-ring (bicyclic) bond motifs is 2. The minimum atomic E-state index is 0.0124. The van der Waals surface area contributed by atoms with E-state index in [2.05, 4.69) is 125 Å². The monoisotopic (exact) mass is 357 g/mol. The van der Waals surface area contributed by atoms with Crippen LogP contribution >= 0.6 is 0 Å². The van der Waals surface area contributed by atoms with Gasteiger partial charge in [0.1, 0.15) is 0 Å². The van der Waals surface area contributed by atoms with E-state index in [4.69, 9.17) is 0 Å². The lowest BCUT2D eigenvalue weighted by Gasteiger charge is -2.42. The molecule has 1 heterocycles. The number of nitrogens with zero attached hydrogens (tertiary/aromatic N) is 1. The molecule has 140 valence electrons. The van der Waals surface area contributed by atoms with E-state index < -0.39 is 0 Å². The summed E-state index contributed by atoms with van der Waals surface area (Å²) in [6.07, 6.45) is 0. The molecule has 0 saturated carbocycles. The Labute approximate surface area is 164 Å². The van der Waals surface area contributed by atoms with Crippen molar-refractivity contribution in [3.05, 3.63) is 90.0 Å². The number of para-hydroxylation sites is 3. The molecule has 0 saturated heterocycles. The van der Waals surface area contributed by atoms with Crippen LogP contribution in [0, 0.1) is 5.41 Å². The quantitative estimate of drug-likeness (QED) is 0.428. The van der Waals surface area contributed by atoms with Gasteiger partial charge in [0.25, 0.3) is 0 Å². The summed E-state index contributed by atoms with van der Waals surface area (Å²) in [6.45, 7) is 13.4. The molecule has 1 nitrogen and oxygen atoms in total. The number of rotatable bonds is 1. The third kappa shape index (κ3) is 4.08. The van der Waals surface area contributed by atoms with Crippen molar-refractivity contribution < 1.29 is 0 Å². The van der Waals surface area contributed by atoms with Crippen LogP contribution in [0.2, 0.25) is 0 Å². The smallest absolute Gasteiger partial charge is 0.0502 e. The lowest BCUT2D eigenvalue weighted by Crippen LogP contribution is -2.30. The molecule has 0 bridgehead atoms. The molecule has 4 rings (SSSR count). The van der Waals surface area contributed by atoms with Crippen molar-refractivity contribution in [3.63, 3.8) is 0 Å². The second-order valence-electron chi connectivity index (χ2n) is 9.33. The summed E-state index contributed by atoms with van der Waals surface area (Å²) in [5, 5.41) is 0. The van der Waals surface area contributed by atoms with Crippen molar-refractivity contribution in [1.82, 2.24) is 0 Å². The molecule has 0 aromatic heterocycles. The number of benzene rings is 3. The van der Waals surface area contributed by atoms with Gasteiger partial charge < -0.3 is 4.90 Å². The molecule has 3 aromatic carbocycles. The van der Waals surface area contributed by atoms with Gasteiger partial charge in [0.2, 0.25) is 0 Å². The Morgan fingerprint density at radius 3 is 1.41 bits per heavy atom. The zero-order valence-corrected chi connectivity index (χ0v) is 17.5. The topological polar surface area (TPSA) is 3.24 Å². The summed E-state index contributed by atoms with van der Waals surface area (Å²) >= 11 is 0. The zero-order valence-electron chi connectivity index (χ0n) is 17.5. The standard InChI is InChI=1S/C21H19N.C5H12/c1-21(2)17-12-6-8-14-19(17)22(16-10-4-3-5-11-16)20-15-9-7-13-18(20)21;1-5(2,3)4/h3-15H,1-2H3;1-4H3. The highest BCUT2D eigenvalue weighted by atomic mass is 15.2. The molecule has 0 atom stereocenters. The fourth-order valence-corrected chi connectivity index (χ4v) is 3.52. The van der Waals surface area contributed by atoms with Crippen LogP contribution < -0.4 is 4.90 Å². The van der Waals surface area contributed by atoms with Gasteiger partial charge in [0.15, 0.2) is 0 Å². The highest BCUT2D eigenvalue weighted by Crippen LogP contribution is 2.51. The van der Waals surface area contributed by atoms with Crippen molar-refractivity contribution in [1.29, 1.82) is 0 Å². The first kappa shape index (κ1) is 19.2. The van der Waals surface area contributed by atoms with E-state index in [1.807, 2.05) is 0 Å². The first-order valence-corrected chi connectivity index (χ1v) is 9.74. The largest absolute Gasteiger partial charge is 0.310 e. The molecule has 1 aliphatic heterocycles. The third-order valence-electron chi connectivity index (χ3n) is 4.65. The van der Waals surface area contributed by atoms with Gasteiger partial charge in [-0.25, -0.2) is 0 Å². The van der Waals surface area contributed by atoms with Crippen LogP contribution in [0.3, 0.4) is 0 Å². The number of hydrogen-bond donors (Lipinski definition) is 0. The van der Waals surface area contributed by atoms with Gasteiger partial charge in [-0.1, -0.05) is 96.1 Å². The Morgan fingerprint density at radius 1 is 0.593 bits per heavy atom. The molecule has 0 aliphatic carbocycles. The molecule has 27 heavy (non-hydrogen) atoms. The van der Waals surface area contributed by atoms with Crippen LogP contribution in [0.1, 0.15) is 52.7 Å². The van der Waals surface area contributed by atoms with Crippen LogP contribution in [-0.2, 0) is 5.41 Å². The van der Waals surface area contributed by atoms with Crippen molar-refractivity contribution in [2.75, 3.05) is 4.90 Å². The predicted molar refractivity (Wildman–Crippen MR) is 118 cm³/mol. The van der Waals surface area contributed by atoms with Gasteiger partial charge >= 0.3 is 0 Å². The van der Waals surface area contributed by atoms with E-state index in [9.17, 15) is 0 Å². The second-order valence-corrected chi connectivity index (χ2v) is 9.33. The van der Waals surface area contributed by atoms with Crippen LogP contribution in [0.5, 0.6) is 0 Å². The van der Waals surface area contributed by atoms with Crippen LogP contribution in [0.4, 0.5) is 17.1 Å². The minimum Gasteiger partial charge on any atom is -0.310 e. The summed E-state index contributed by atoms with van der Waals surface area (Å²) in [5.41, 5.74) is 7.01. The predicted octanol–water partition coefficient (Wildman–Crippen LogP) is 7.85. The Kier molecular flexibility index (Phi) is 5.15.